The normalized spacial score (nSPS) is 32.8. The second kappa shape index (κ2) is 22.1. The number of carboxylic acids is 1. The molecule has 2 aliphatic heterocycles. The lowest BCUT2D eigenvalue weighted by Crippen LogP contribution is -2.62. The number of amides is 3. The van der Waals surface area contributed by atoms with E-state index in [0.717, 1.165) is 61.7 Å². The molecule has 17 nitrogen and oxygen atoms in total. The van der Waals surface area contributed by atoms with E-state index in [2.05, 4.69) is 5.32 Å². The van der Waals surface area contributed by atoms with E-state index >= 15 is 0 Å². The Morgan fingerprint density at radius 1 is 0.606 bits per heavy atom. The third kappa shape index (κ3) is 11.5. The number of nitrogens with one attached hydrogen (secondary N) is 1. The molecule has 2 saturated heterocycles. The van der Waals surface area contributed by atoms with Crippen LogP contribution in [0.25, 0.3) is 0 Å². The van der Waals surface area contributed by atoms with Crippen LogP contribution in [0.4, 0.5) is 11.4 Å². The SMILES string of the molecule is C.Cl.NC(=O)C12CC3CC(C1)C(N)C(C3)C2.NC(=O)C12CC3CC(C1)C(NC(=O)CN1CCN(c4c(Cl)cc(Cl)cc4Cl)S1(=O)=O)C(C3)C2.O=C(O)CN1CCCCN(c2c(Cl)cc(Cl)cc2Cl)S1(=O)=O. The Morgan fingerprint density at radius 2 is 0.986 bits per heavy atom. The predicted molar refractivity (Wildman–Crippen MR) is 280 cm³/mol. The molecule has 3 amide bonds. The first-order chi connectivity index (χ1) is 32.3. The van der Waals surface area contributed by atoms with Crippen LogP contribution in [-0.4, -0.2) is 106 Å². The number of rotatable bonds is 9. The summed E-state index contributed by atoms with van der Waals surface area (Å²) in [6, 6.07) is 5.95. The fraction of sp³-hybridized carbons (Fsp3) is 0.644. The average molecular weight is 1170 g/mol. The van der Waals surface area contributed by atoms with Crippen molar-refractivity contribution in [2.24, 2.45) is 63.5 Å². The summed E-state index contributed by atoms with van der Waals surface area (Å²) in [6.07, 6.45) is 10.8. The van der Waals surface area contributed by atoms with E-state index in [1.807, 2.05) is 0 Å². The number of nitrogens with zero attached hydrogens (tertiary/aromatic N) is 4. The maximum absolute atomic E-state index is 13.1. The number of primary amides is 2. The van der Waals surface area contributed by atoms with Gasteiger partial charge in [0.05, 0.1) is 38.0 Å². The fourth-order valence-electron chi connectivity index (χ4n) is 13.3. The zero-order chi connectivity index (χ0) is 50.1. The van der Waals surface area contributed by atoms with Crippen molar-refractivity contribution < 1.29 is 41.1 Å². The molecule has 12 rings (SSSR count). The summed E-state index contributed by atoms with van der Waals surface area (Å²) in [5.41, 5.74) is 17.1. The van der Waals surface area contributed by atoms with Gasteiger partial charge in [-0.3, -0.25) is 27.8 Å². The molecular weight excluding hydrogens is 1110 g/mol. The summed E-state index contributed by atoms with van der Waals surface area (Å²) in [5, 5.41) is 13.0. The van der Waals surface area contributed by atoms with Gasteiger partial charge in [-0.25, -0.2) is 0 Å². The van der Waals surface area contributed by atoms with Crippen LogP contribution >= 0.6 is 82.0 Å². The minimum atomic E-state index is -4.03. The topological polar surface area (TPSA) is 260 Å². The lowest BCUT2D eigenvalue weighted by atomic mass is 9.47. The molecule has 8 aliphatic carbocycles. The molecular formula is C45H61Cl7N8O9S2. The Morgan fingerprint density at radius 3 is 1.41 bits per heavy atom. The van der Waals surface area contributed by atoms with Crippen molar-refractivity contribution in [3.63, 3.8) is 0 Å². The van der Waals surface area contributed by atoms with Gasteiger partial charge in [0.25, 0.3) is 0 Å². The van der Waals surface area contributed by atoms with Crippen LogP contribution in [0, 0.1) is 46.3 Å². The highest BCUT2D eigenvalue weighted by atomic mass is 35.5. The van der Waals surface area contributed by atoms with Gasteiger partial charge in [-0.15, -0.1) is 12.4 Å². The summed E-state index contributed by atoms with van der Waals surface area (Å²) in [5.74, 6) is 0.903. The van der Waals surface area contributed by atoms with Gasteiger partial charge in [0.15, 0.2) is 0 Å². The van der Waals surface area contributed by atoms with E-state index in [1.165, 1.54) is 37.1 Å². The van der Waals surface area contributed by atoms with Crippen molar-refractivity contribution >= 4 is 137 Å². The molecule has 8 N–H and O–H groups in total. The van der Waals surface area contributed by atoms with Gasteiger partial charge in [-0.1, -0.05) is 77.0 Å². The quantitative estimate of drug-likeness (QED) is 0.167. The standard InChI is InChI=1S/C21H25Cl3N4O4S.C12H13Cl3N2O4S.C11H18N2O.CH4.ClH/c22-14-5-15(23)19(16(24)6-14)28-2-1-27(33(28,31)32)10-17(29)26-18-12-3-11-4-13(18)9-21(7-11,8-12)20(25)30;13-8-5-9(14)12(10(15)6-8)17-4-2-1-3-16(7-11(18)19)22(17,20)21;12-9-7-1-6-2-8(9)5-11(3-6,4-7)10(13)14;;/h5-6,11-13,18H,1-4,7-10H2,(H2,25,30)(H,26,29);5-6H,1-4,7H2,(H,18,19);6-9H,1-5,12H2,(H2,13,14);1H4;1H. The minimum Gasteiger partial charge on any atom is -0.480 e. The molecule has 0 radical (unpaired) electrons. The number of benzene rings is 2. The predicted octanol–water partition coefficient (Wildman–Crippen LogP) is 7.37. The Bertz CT molecular complexity index is 2560. The van der Waals surface area contributed by atoms with Crippen molar-refractivity contribution in [2.75, 3.05) is 47.9 Å². The highest BCUT2D eigenvalue weighted by molar-refractivity contribution is 7.91. The molecule has 71 heavy (non-hydrogen) atoms. The maximum Gasteiger partial charge on any atom is 0.318 e. The zero-order valence-electron chi connectivity index (χ0n) is 37.9. The highest BCUT2D eigenvalue weighted by Gasteiger charge is 2.59. The maximum atomic E-state index is 13.1. The Kier molecular flexibility index (Phi) is 18.1. The third-order valence-corrected chi connectivity index (χ3v) is 21.2. The van der Waals surface area contributed by atoms with E-state index < -0.39 is 38.3 Å². The molecule has 4 atom stereocenters. The van der Waals surface area contributed by atoms with Gasteiger partial charge in [0, 0.05) is 59.1 Å². The second-order valence-corrected chi connectivity index (χ2v) is 26.5. The van der Waals surface area contributed by atoms with Gasteiger partial charge in [-0.05, 0) is 137 Å². The Hall–Kier alpha value is -2.27. The molecule has 10 fully saturated rings. The van der Waals surface area contributed by atoms with E-state index in [-0.39, 0.29) is 130 Å². The number of hydrogen-bond acceptors (Lipinski definition) is 9. The Labute approximate surface area is 451 Å². The first-order valence-electron chi connectivity index (χ1n) is 23.1. The molecule has 26 heteroatoms. The molecule has 4 unspecified atom stereocenters. The second-order valence-electron chi connectivity index (χ2n) is 20.3. The van der Waals surface area contributed by atoms with Crippen LogP contribution in [0.3, 0.4) is 0 Å². The minimum absolute atomic E-state index is 0. The first kappa shape index (κ1) is 58.0. The average Bonchev–Trinajstić information content (AvgIpc) is 3.43. The number of carbonyl (C=O) groups is 4. The highest BCUT2D eigenvalue weighted by Crippen LogP contribution is 2.61. The van der Waals surface area contributed by atoms with E-state index in [4.69, 9.17) is 91.9 Å². The van der Waals surface area contributed by atoms with Crippen molar-refractivity contribution in [3.05, 3.63) is 54.4 Å². The van der Waals surface area contributed by atoms with Crippen molar-refractivity contribution in [1.82, 2.24) is 13.9 Å². The third-order valence-electron chi connectivity index (χ3n) is 15.9. The first-order valence-corrected chi connectivity index (χ1v) is 28.1. The van der Waals surface area contributed by atoms with E-state index in [1.54, 1.807) is 0 Å². The van der Waals surface area contributed by atoms with Gasteiger partial charge in [0.2, 0.25) is 17.7 Å². The van der Waals surface area contributed by atoms with Crippen LogP contribution in [-0.2, 0) is 39.6 Å². The monoisotopic (exact) mass is 1170 g/mol. The summed E-state index contributed by atoms with van der Waals surface area (Å²) < 4.78 is 55.9. The molecule has 10 aliphatic rings. The zero-order valence-corrected chi connectivity index (χ0v) is 44.9. The van der Waals surface area contributed by atoms with Crippen molar-refractivity contribution in [3.8, 4) is 0 Å². The molecule has 396 valence electrons. The van der Waals surface area contributed by atoms with Crippen LogP contribution in [0.1, 0.15) is 84.5 Å². The van der Waals surface area contributed by atoms with Crippen LogP contribution in [0.15, 0.2) is 24.3 Å². The Balaban J connectivity index is 0.000000187. The smallest absolute Gasteiger partial charge is 0.318 e. The van der Waals surface area contributed by atoms with Crippen molar-refractivity contribution in [2.45, 2.75) is 96.6 Å². The van der Waals surface area contributed by atoms with Gasteiger partial charge >= 0.3 is 26.4 Å². The molecule has 2 heterocycles. The molecule has 2 aromatic rings. The van der Waals surface area contributed by atoms with Crippen LogP contribution in [0.2, 0.25) is 30.1 Å². The van der Waals surface area contributed by atoms with Crippen LogP contribution in [0.5, 0.6) is 0 Å². The molecule has 0 aromatic heterocycles. The molecule has 2 aromatic carbocycles. The largest absolute Gasteiger partial charge is 0.480 e. The summed E-state index contributed by atoms with van der Waals surface area (Å²) >= 11 is 36.4. The fourth-order valence-corrected chi connectivity index (χ4v) is 18.8. The summed E-state index contributed by atoms with van der Waals surface area (Å²) in [4.78, 5) is 47.5. The van der Waals surface area contributed by atoms with E-state index in [9.17, 15) is 36.0 Å². The number of aliphatic carboxylic acids is 1. The van der Waals surface area contributed by atoms with Gasteiger partial charge in [-0.2, -0.15) is 25.4 Å². The summed E-state index contributed by atoms with van der Waals surface area (Å²) in [7, 11) is -8.02. The number of nitrogens with two attached hydrogens (primary N) is 3. The number of halogens is 7. The number of hydrogen-bond donors (Lipinski definition) is 5. The van der Waals surface area contributed by atoms with Crippen molar-refractivity contribution in [1.29, 1.82) is 0 Å². The molecule has 0 spiro atoms. The number of anilines is 2. The van der Waals surface area contributed by atoms with Gasteiger partial charge in [0.1, 0.15) is 6.54 Å². The lowest BCUT2D eigenvalue weighted by molar-refractivity contribution is -0.147. The molecule has 8 saturated carbocycles. The van der Waals surface area contributed by atoms with E-state index in [0.29, 0.717) is 54.5 Å². The lowest BCUT2D eigenvalue weighted by Gasteiger charge is -2.58. The number of carboxylic acid groups (broad SMARTS) is 1. The number of carbonyl (C=O) groups excluding carboxylic acids is 3. The van der Waals surface area contributed by atoms with Crippen LogP contribution < -0.4 is 31.1 Å². The summed E-state index contributed by atoms with van der Waals surface area (Å²) in [6.45, 7) is -0.346. The van der Waals surface area contributed by atoms with Gasteiger partial charge < -0.3 is 27.6 Å². The molecule has 8 bridgehead atoms.